The third kappa shape index (κ3) is 2.91. The Morgan fingerprint density at radius 1 is 1.11 bits per heavy atom. The van der Waals surface area contributed by atoms with Gasteiger partial charge in [-0.15, -0.1) is 0 Å². The summed E-state index contributed by atoms with van der Waals surface area (Å²) in [6.07, 6.45) is 0.802. The molecule has 2 nitrogen and oxygen atoms in total. The van der Waals surface area contributed by atoms with Crippen molar-refractivity contribution in [3.63, 3.8) is 0 Å². The number of ether oxygens (including phenoxy) is 1. The fourth-order valence-corrected chi connectivity index (χ4v) is 2.32. The van der Waals surface area contributed by atoms with E-state index in [4.69, 9.17) is 27.9 Å². The second-order valence-electron chi connectivity index (χ2n) is 3.90. The lowest BCUT2D eigenvalue weighted by molar-refractivity contribution is 0.112. The van der Waals surface area contributed by atoms with E-state index in [9.17, 15) is 4.79 Å². The smallest absolute Gasteiger partial charge is 0.150 e. The van der Waals surface area contributed by atoms with Gasteiger partial charge in [-0.3, -0.25) is 4.79 Å². The molecule has 0 heterocycles. The standard InChI is InChI=1S/C15H12Cl2O2/c1-2-19-15-8-13(16)12(7-14(15)17)11-6-4-3-5-10(11)9-18/h3-9H,2H2,1H3. The second-order valence-corrected chi connectivity index (χ2v) is 4.71. The molecule has 0 atom stereocenters. The molecular formula is C15H12Cl2O2. The number of rotatable bonds is 4. The van der Waals surface area contributed by atoms with Crippen molar-refractivity contribution < 1.29 is 9.53 Å². The molecule has 0 aliphatic rings. The van der Waals surface area contributed by atoms with Crippen LogP contribution in [0.3, 0.4) is 0 Å². The van der Waals surface area contributed by atoms with Crippen molar-refractivity contribution in [3.8, 4) is 16.9 Å². The largest absolute Gasteiger partial charge is 0.492 e. The minimum atomic E-state index is 0.474. The lowest BCUT2D eigenvalue weighted by Gasteiger charge is -2.11. The number of benzene rings is 2. The van der Waals surface area contributed by atoms with E-state index in [1.54, 1.807) is 24.3 Å². The third-order valence-electron chi connectivity index (χ3n) is 2.70. The average molecular weight is 295 g/mol. The molecule has 0 amide bonds. The topological polar surface area (TPSA) is 26.3 Å². The third-order valence-corrected chi connectivity index (χ3v) is 3.31. The molecule has 0 fully saturated rings. The zero-order valence-corrected chi connectivity index (χ0v) is 11.8. The van der Waals surface area contributed by atoms with Gasteiger partial charge in [-0.05, 0) is 18.6 Å². The van der Waals surface area contributed by atoms with E-state index in [-0.39, 0.29) is 0 Å². The van der Waals surface area contributed by atoms with Crippen LogP contribution in [0.15, 0.2) is 36.4 Å². The molecule has 0 saturated heterocycles. The van der Waals surface area contributed by atoms with E-state index in [1.165, 1.54) is 0 Å². The summed E-state index contributed by atoms with van der Waals surface area (Å²) in [4.78, 5) is 11.1. The minimum absolute atomic E-state index is 0.474. The normalized spacial score (nSPS) is 10.3. The number of hydrogen-bond donors (Lipinski definition) is 0. The zero-order valence-electron chi connectivity index (χ0n) is 10.3. The molecule has 0 saturated carbocycles. The quantitative estimate of drug-likeness (QED) is 0.752. The van der Waals surface area contributed by atoms with Gasteiger partial charge in [0, 0.05) is 17.2 Å². The summed E-state index contributed by atoms with van der Waals surface area (Å²) in [6, 6.07) is 10.6. The van der Waals surface area contributed by atoms with Crippen molar-refractivity contribution in [1.29, 1.82) is 0 Å². The molecule has 2 aromatic carbocycles. The van der Waals surface area contributed by atoms with Crippen molar-refractivity contribution in [2.45, 2.75) is 6.92 Å². The van der Waals surface area contributed by atoms with Crippen LogP contribution in [0.1, 0.15) is 17.3 Å². The van der Waals surface area contributed by atoms with Crippen molar-refractivity contribution >= 4 is 29.5 Å². The van der Waals surface area contributed by atoms with Crippen molar-refractivity contribution in [3.05, 3.63) is 52.0 Å². The van der Waals surface area contributed by atoms with Crippen LogP contribution < -0.4 is 4.74 Å². The Morgan fingerprint density at radius 2 is 1.84 bits per heavy atom. The summed E-state index contributed by atoms with van der Waals surface area (Å²) in [5.41, 5.74) is 2.05. The first-order valence-electron chi connectivity index (χ1n) is 5.83. The highest BCUT2D eigenvalue weighted by Crippen LogP contribution is 2.37. The summed E-state index contributed by atoms with van der Waals surface area (Å²) >= 11 is 12.4. The Morgan fingerprint density at radius 3 is 2.53 bits per heavy atom. The number of aldehydes is 1. The van der Waals surface area contributed by atoms with Crippen LogP contribution in [-0.2, 0) is 0 Å². The van der Waals surface area contributed by atoms with Crippen molar-refractivity contribution in [2.75, 3.05) is 6.61 Å². The van der Waals surface area contributed by atoms with Crippen LogP contribution in [0.5, 0.6) is 5.75 Å². The Bertz CT molecular complexity index is 609. The molecule has 0 spiro atoms. The number of carbonyl (C=O) groups is 1. The SMILES string of the molecule is CCOc1cc(Cl)c(-c2ccccc2C=O)cc1Cl. The van der Waals surface area contributed by atoms with Crippen LogP contribution in [0.2, 0.25) is 10.0 Å². The molecule has 19 heavy (non-hydrogen) atoms. The van der Waals surface area contributed by atoms with Gasteiger partial charge in [0.2, 0.25) is 0 Å². The molecule has 2 rings (SSSR count). The fraction of sp³-hybridized carbons (Fsp3) is 0.133. The van der Waals surface area contributed by atoms with Crippen molar-refractivity contribution in [1.82, 2.24) is 0 Å². The maximum absolute atomic E-state index is 11.1. The molecule has 0 unspecified atom stereocenters. The van der Waals surface area contributed by atoms with Gasteiger partial charge < -0.3 is 4.74 Å². The van der Waals surface area contributed by atoms with Crippen LogP contribution in [0.25, 0.3) is 11.1 Å². The first-order chi connectivity index (χ1) is 9.17. The Kier molecular flexibility index (Phi) is 4.46. The molecular weight excluding hydrogens is 283 g/mol. The van der Waals surface area contributed by atoms with E-state index in [0.29, 0.717) is 28.0 Å². The van der Waals surface area contributed by atoms with E-state index < -0.39 is 0 Å². The van der Waals surface area contributed by atoms with Crippen LogP contribution in [0.4, 0.5) is 0 Å². The Labute approximate surface area is 121 Å². The maximum atomic E-state index is 11.1. The Hall–Kier alpha value is -1.51. The molecule has 98 valence electrons. The highest BCUT2D eigenvalue weighted by atomic mass is 35.5. The van der Waals surface area contributed by atoms with Gasteiger partial charge in [-0.2, -0.15) is 0 Å². The summed E-state index contributed by atoms with van der Waals surface area (Å²) < 4.78 is 5.38. The van der Waals surface area contributed by atoms with Gasteiger partial charge >= 0.3 is 0 Å². The van der Waals surface area contributed by atoms with Gasteiger partial charge in [-0.25, -0.2) is 0 Å². The lowest BCUT2D eigenvalue weighted by atomic mass is 10.0. The molecule has 0 N–H and O–H groups in total. The monoisotopic (exact) mass is 294 g/mol. The Balaban J connectivity index is 2.57. The van der Waals surface area contributed by atoms with Crippen LogP contribution in [-0.4, -0.2) is 12.9 Å². The minimum Gasteiger partial charge on any atom is -0.492 e. The maximum Gasteiger partial charge on any atom is 0.150 e. The summed E-state index contributed by atoms with van der Waals surface area (Å²) in [5.74, 6) is 0.543. The molecule has 0 aromatic heterocycles. The number of halogens is 2. The molecule has 0 aliphatic carbocycles. The van der Waals surface area contributed by atoms with Crippen LogP contribution >= 0.6 is 23.2 Å². The predicted molar refractivity (Wildman–Crippen MR) is 78.5 cm³/mol. The zero-order chi connectivity index (χ0) is 13.8. The molecule has 4 heteroatoms. The van der Waals surface area contributed by atoms with Gasteiger partial charge in [-0.1, -0.05) is 47.5 Å². The fourth-order valence-electron chi connectivity index (χ4n) is 1.85. The van der Waals surface area contributed by atoms with Gasteiger partial charge in [0.15, 0.2) is 6.29 Å². The van der Waals surface area contributed by atoms with Crippen molar-refractivity contribution in [2.24, 2.45) is 0 Å². The van der Waals surface area contributed by atoms with Gasteiger partial charge in [0.1, 0.15) is 5.75 Å². The molecule has 0 aliphatic heterocycles. The first kappa shape index (κ1) is 13.9. The average Bonchev–Trinajstić information content (AvgIpc) is 2.43. The number of hydrogen-bond acceptors (Lipinski definition) is 2. The lowest BCUT2D eigenvalue weighted by Crippen LogP contribution is -1.94. The van der Waals surface area contributed by atoms with E-state index in [1.807, 2.05) is 19.1 Å². The highest BCUT2D eigenvalue weighted by molar-refractivity contribution is 6.36. The second kappa shape index (κ2) is 6.09. The van der Waals surface area contributed by atoms with E-state index >= 15 is 0 Å². The predicted octanol–water partition coefficient (Wildman–Crippen LogP) is 4.87. The molecule has 0 radical (unpaired) electrons. The van der Waals surface area contributed by atoms with Gasteiger partial charge in [0.05, 0.1) is 16.7 Å². The van der Waals surface area contributed by atoms with E-state index in [2.05, 4.69) is 0 Å². The molecule has 0 bridgehead atoms. The highest BCUT2D eigenvalue weighted by Gasteiger charge is 2.12. The molecule has 2 aromatic rings. The summed E-state index contributed by atoms with van der Waals surface area (Å²) in [5, 5.41) is 0.976. The summed E-state index contributed by atoms with van der Waals surface area (Å²) in [7, 11) is 0. The van der Waals surface area contributed by atoms with Crippen LogP contribution in [0, 0.1) is 0 Å². The summed E-state index contributed by atoms with van der Waals surface area (Å²) in [6.45, 7) is 2.39. The first-order valence-corrected chi connectivity index (χ1v) is 6.59. The van der Waals surface area contributed by atoms with E-state index in [0.717, 1.165) is 17.4 Å². The van der Waals surface area contributed by atoms with Gasteiger partial charge in [0.25, 0.3) is 0 Å². The number of carbonyl (C=O) groups excluding carboxylic acids is 1.